The second-order valence-electron chi connectivity index (χ2n) is 3.20. The monoisotopic (exact) mass is 168 g/mol. The highest BCUT2D eigenvalue weighted by atomic mass is 35.5. The number of carbonyl (C=O) groups excluding carboxylic acids is 1. The Hall–Kier alpha value is -0.560. The van der Waals surface area contributed by atoms with E-state index in [1.807, 2.05) is 6.92 Å². The third kappa shape index (κ3) is 0.875. The van der Waals surface area contributed by atoms with E-state index in [0.717, 1.165) is 12.0 Å². The smallest absolute Gasteiger partial charge is 0.248 e. The summed E-state index contributed by atoms with van der Waals surface area (Å²) in [5.74, 6) is 0.822. The van der Waals surface area contributed by atoms with E-state index in [9.17, 15) is 4.79 Å². The molecule has 0 radical (unpaired) electrons. The molecule has 0 saturated heterocycles. The van der Waals surface area contributed by atoms with Gasteiger partial charge in [-0.05, 0) is 30.9 Å². The van der Waals surface area contributed by atoms with Gasteiger partial charge in [0.05, 0.1) is 0 Å². The summed E-state index contributed by atoms with van der Waals surface area (Å²) in [6, 6.07) is 0. The molecule has 0 N–H and O–H groups in total. The summed E-state index contributed by atoms with van der Waals surface area (Å²) in [7, 11) is 0. The predicted molar refractivity (Wildman–Crippen MR) is 44.3 cm³/mol. The van der Waals surface area contributed by atoms with E-state index >= 15 is 0 Å². The summed E-state index contributed by atoms with van der Waals surface area (Å²) in [5, 5.41) is -0.264. The van der Waals surface area contributed by atoms with Crippen molar-refractivity contribution in [2.75, 3.05) is 0 Å². The Kier molecular flexibility index (Phi) is 1.43. The van der Waals surface area contributed by atoms with E-state index in [-0.39, 0.29) is 5.24 Å². The first-order valence-electron chi connectivity index (χ1n) is 3.79. The van der Waals surface area contributed by atoms with Crippen LogP contribution in [-0.4, -0.2) is 5.24 Å². The van der Waals surface area contributed by atoms with Crippen molar-refractivity contribution >= 4 is 16.8 Å². The zero-order valence-corrected chi connectivity index (χ0v) is 7.06. The van der Waals surface area contributed by atoms with Gasteiger partial charge >= 0.3 is 0 Å². The number of allylic oxidation sites excluding steroid dienone is 4. The van der Waals surface area contributed by atoms with Gasteiger partial charge in [0.2, 0.25) is 5.24 Å². The average molecular weight is 169 g/mol. The molecule has 2 heteroatoms. The van der Waals surface area contributed by atoms with Crippen molar-refractivity contribution in [3.8, 4) is 0 Å². The Labute approximate surface area is 70.7 Å². The molecular weight excluding hydrogens is 160 g/mol. The van der Waals surface area contributed by atoms with Crippen LogP contribution in [0.4, 0.5) is 0 Å². The fourth-order valence-electron chi connectivity index (χ4n) is 2.03. The first-order valence-corrected chi connectivity index (χ1v) is 4.16. The Morgan fingerprint density at radius 2 is 2.18 bits per heavy atom. The lowest BCUT2D eigenvalue weighted by molar-refractivity contribution is -0.108. The molecular formula is C9H9ClO. The molecule has 0 fully saturated rings. The van der Waals surface area contributed by atoms with Crippen molar-refractivity contribution in [2.45, 2.75) is 13.3 Å². The molecule has 0 aliphatic heterocycles. The minimum absolute atomic E-state index is 0.264. The zero-order chi connectivity index (χ0) is 8.01. The van der Waals surface area contributed by atoms with Crippen LogP contribution in [0.15, 0.2) is 23.3 Å². The van der Waals surface area contributed by atoms with Crippen molar-refractivity contribution in [3.63, 3.8) is 0 Å². The van der Waals surface area contributed by atoms with Crippen LogP contribution in [0.1, 0.15) is 13.3 Å². The predicted octanol–water partition coefficient (Wildman–Crippen LogP) is 2.27. The summed E-state index contributed by atoms with van der Waals surface area (Å²) < 4.78 is 0. The third-order valence-electron chi connectivity index (χ3n) is 2.65. The molecule has 1 nitrogen and oxygen atoms in total. The lowest BCUT2D eigenvalue weighted by Crippen LogP contribution is -2.03. The summed E-state index contributed by atoms with van der Waals surface area (Å²) in [6.45, 7) is 2.00. The largest absolute Gasteiger partial charge is 0.276 e. The Morgan fingerprint density at radius 1 is 1.55 bits per heavy atom. The first-order chi connectivity index (χ1) is 5.20. The number of hydrogen-bond acceptors (Lipinski definition) is 1. The number of carbonyl (C=O) groups is 1. The van der Waals surface area contributed by atoms with Crippen LogP contribution in [0.5, 0.6) is 0 Å². The van der Waals surface area contributed by atoms with Crippen molar-refractivity contribution in [2.24, 2.45) is 11.8 Å². The topological polar surface area (TPSA) is 17.1 Å². The fourth-order valence-corrected chi connectivity index (χ4v) is 2.32. The molecule has 2 aliphatic carbocycles. The fraction of sp³-hybridized carbons (Fsp3) is 0.444. The van der Waals surface area contributed by atoms with Crippen LogP contribution in [0, 0.1) is 11.8 Å². The molecule has 2 rings (SSSR count). The van der Waals surface area contributed by atoms with Crippen LogP contribution < -0.4 is 0 Å². The van der Waals surface area contributed by atoms with Gasteiger partial charge in [-0.3, -0.25) is 4.79 Å². The second kappa shape index (κ2) is 2.21. The molecule has 2 atom stereocenters. The molecule has 0 unspecified atom stereocenters. The highest BCUT2D eigenvalue weighted by Gasteiger charge is 2.35. The van der Waals surface area contributed by atoms with Crippen molar-refractivity contribution in [1.29, 1.82) is 0 Å². The zero-order valence-electron chi connectivity index (χ0n) is 6.30. The van der Waals surface area contributed by atoms with Gasteiger partial charge in [0, 0.05) is 11.5 Å². The normalized spacial score (nSPS) is 33.6. The number of hydrogen-bond donors (Lipinski definition) is 0. The quantitative estimate of drug-likeness (QED) is 0.434. The summed E-state index contributed by atoms with van der Waals surface area (Å²) in [4.78, 5) is 10.9. The van der Waals surface area contributed by atoms with Gasteiger partial charge in [0.1, 0.15) is 0 Å². The molecule has 0 amide bonds. The lowest BCUT2D eigenvalue weighted by Gasteiger charge is -2.07. The molecule has 58 valence electrons. The van der Waals surface area contributed by atoms with E-state index in [2.05, 4.69) is 12.2 Å². The van der Waals surface area contributed by atoms with Crippen LogP contribution in [0.25, 0.3) is 0 Å². The minimum Gasteiger partial charge on any atom is -0.276 e. The highest BCUT2D eigenvalue weighted by Crippen LogP contribution is 2.44. The summed E-state index contributed by atoms with van der Waals surface area (Å²) >= 11 is 5.44. The molecule has 2 aliphatic rings. The van der Waals surface area contributed by atoms with Crippen molar-refractivity contribution in [1.82, 2.24) is 0 Å². The molecule has 0 aromatic heterocycles. The van der Waals surface area contributed by atoms with Gasteiger partial charge in [0.25, 0.3) is 0 Å². The van der Waals surface area contributed by atoms with Gasteiger partial charge in [0.15, 0.2) is 0 Å². The van der Waals surface area contributed by atoms with Gasteiger partial charge in [-0.2, -0.15) is 0 Å². The van der Waals surface area contributed by atoms with E-state index in [4.69, 9.17) is 11.6 Å². The van der Waals surface area contributed by atoms with Crippen molar-refractivity contribution < 1.29 is 4.79 Å². The molecule has 0 heterocycles. The van der Waals surface area contributed by atoms with E-state index < -0.39 is 0 Å². The Balaban J connectivity index is 2.40. The molecule has 2 bridgehead atoms. The number of fused-ring (bicyclic) bond motifs is 2. The maximum atomic E-state index is 10.9. The molecule has 0 saturated carbocycles. The van der Waals surface area contributed by atoms with Gasteiger partial charge in [-0.25, -0.2) is 0 Å². The van der Waals surface area contributed by atoms with Gasteiger partial charge in [-0.15, -0.1) is 0 Å². The van der Waals surface area contributed by atoms with Crippen molar-refractivity contribution in [3.05, 3.63) is 23.3 Å². The molecule has 11 heavy (non-hydrogen) atoms. The maximum Gasteiger partial charge on any atom is 0.248 e. The Bertz CT molecular complexity index is 275. The number of halogens is 1. The van der Waals surface area contributed by atoms with Crippen LogP contribution in [0.2, 0.25) is 0 Å². The SMILES string of the molecule is CC1=C(C(=O)Cl)[C@@H]2C=C[C@H]1C2. The minimum atomic E-state index is -0.264. The molecule has 0 aromatic carbocycles. The van der Waals surface area contributed by atoms with Gasteiger partial charge in [-0.1, -0.05) is 17.7 Å². The van der Waals surface area contributed by atoms with E-state index in [1.165, 1.54) is 5.57 Å². The molecule has 0 spiro atoms. The van der Waals surface area contributed by atoms with Crippen LogP contribution >= 0.6 is 11.6 Å². The first kappa shape index (κ1) is 7.11. The maximum absolute atomic E-state index is 10.9. The van der Waals surface area contributed by atoms with E-state index in [1.54, 1.807) is 0 Å². The highest BCUT2D eigenvalue weighted by molar-refractivity contribution is 6.67. The summed E-state index contributed by atoms with van der Waals surface area (Å²) in [5.41, 5.74) is 2.02. The second-order valence-corrected chi connectivity index (χ2v) is 3.55. The van der Waals surface area contributed by atoms with Crippen LogP contribution in [0.3, 0.4) is 0 Å². The lowest BCUT2D eigenvalue weighted by atomic mass is 10.00. The standard InChI is InChI=1S/C9H9ClO/c1-5-6-2-3-7(4-6)8(5)9(10)11/h2-3,6-7H,4H2,1H3/t6-,7+/m0/s1. The van der Waals surface area contributed by atoms with Gasteiger partial charge < -0.3 is 0 Å². The number of rotatable bonds is 1. The summed E-state index contributed by atoms with van der Waals surface area (Å²) in [6.07, 6.45) is 5.33. The third-order valence-corrected chi connectivity index (χ3v) is 2.85. The van der Waals surface area contributed by atoms with E-state index in [0.29, 0.717) is 11.8 Å². The molecule has 0 aromatic rings. The van der Waals surface area contributed by atoms with Crippen LogP contribution in [-0.2, 0) is 4.79 Å². The average Bonchev–Trinajstić information content (AvgIpc) is 2.44. The Morgan fingerprint density at radius 3 is 2.55 bits per heavy atom.